The Labute approximate surface area is 110 Å². The van der Waals surface area contributed by atoms with Crippen molar-refractivity contribution in [2.24, 2.45) is 17.6 Å². The largest absolute Gasteiger partial charge is 0.330 e. The van der Waals surface area contributed by atoms with Crippen molar-refractivity contribution in [2.75, 3.05) is 11.9 Å². The average molecular weight is 248 g/mol. The SMILES string of the molecule is Cc1ccccc1NC(=O)C[C@@H](CN)CC(C)C. The van der Waals surface area contributed by atoms with Crippen LogP contribution in [0.3, 0.4) is 0 Å². The molecule has 0 aromatic heterocycles. The fourth-order valence-electron chi connectivity index (χ4n) is 2.11. The van der Waals surface area contributed by atoms with Crippen LogP contribution in [0.5, 0.6) is 0 Å². The number of aryl methyl sites for hydroxylation is 1. The molecule has 1 aromatic carbocycles. The minimum absolute atomic E-state index is 0.0559. The molecule has 0 saturated heterocycles. The number of nitrogens with two attached hydrogens (primary N) is 1. The first kappa shape index (κ1) is 14.7. The summed E-state index contributed by atoms with van der Waals surface area (Å²) in [5.41, 5.74) is 7.69. The molecule has 0 unspecified atom stereocenters. The fourth-order valence-corrected chi connectivity index (χ4v) is 2.11. The van der Waals surface area contributed by atoms with Gasteiger partial charge in [-0.25, -0.2) is 0 Å². The van der Waals surface area contributed by atoms with Crippen molar-refractivity contribution in [3.05, 3.63) is 29.8 Å². The molecule has 0 heterocycles. The van der Waals surface area contributed by atoms with Crippen LogP contribution in [0.25, 0.3) is 0 Å². The van der Waals surface area contributed by atoms with Crippen LogP contribution in [0.2, 0.25) is 0 Å². The third kappa shape index (κ3) is 4.88. The van der Waals surface area contributed by atoms with Crippen molar-refractivity contribution < 1.29 is 4.79 Å². The van der Waals surface area contributed by atoms with Crippen molar-refractivity contribution in [1.29, 1.82) is 0 Å². The number of amides is 1. The van der Waals surface area contributed by atoms with Crippen LogP contribution in [0.4, 0.5) is 5.69 Å². The van der Waals surface area contributed by atoms with E-state index in [2.05, 4.69) is 19.2 Å². The Bertz CT molecular complexity index is 388. The summed E-state index contributed by atoms with van der Waals surface area (Å²) in [6.45, 7) is 6.87. The van der Waals surface area contributed by atoms with Gasteiger partial charge in [0.15, 0.2) is 0 Å². The van der Waals surface area contributed by atoms with Gasteiger partial charge in [0.05, 0.1) is 0 Å². The number of anilines is 1. The molecule has 1 rings (SSSR count). The molecule has 0 fully saturated rings. The van der Waals surface area contributed by atoms with Gasteiger partial charge in [0.1, 0.15) is 0 Å². The van der Waals surface area contributed by atoms with Crippen LogP contribution >= 0.6 is 0 Å². The number of rotatable bonds is 6. The van der Waals surface area contributed by atoms with Gasteiger partial charge in [-0.2, -0.15) is 0 Å². The van der Waals surface area contributed by atoms with E-state index in [0.717, 1.165) is 17.7 Å². The summed E-state index contributed by atoms with van der Waals surface area (Å²) in [5, 5.41) is 2.95. The number of carbonyl (C=O) groups is 1. The Hall–Kier alpha value is -1.35. The van der Waals surface area contributed by atoms with Crippen molar-refractivity contribution >= 4 is 11.6 Å². The maximum atomic E-state index is 11.9. The molecule has 0 spiro atoms. The van der Waals surface area contributed by atoms with Crippen molar-refractivity contribution in [3.8, 4) is 0 Å². The molecular weight excluding hydrogens is 224 g/mol. The second-order valence-corrected chi connectivity index (χ2v) is 5.30. The summed E-state index contributed by atoms with van der Waals surface area (Å²) >= 11 is 0. The van der Waals surface area contributed by atoms with Gasteiger partial charge in [0, 0.05) is 12.1 Å². The lowest BCUT2D eigenvalue weighted by Crippen LogP contribution is -2.23. The monoisotopic (exact) mass is 248 g/mol. The Morgan fingerprint density at radius 3 is 2.56 bits per heavy atom. The highest BCUT2D eigenvalue weighted by atomic mass is 16.1. The molecular formula is C15H24N2O. The van der Waals surface area contributed by atoms with Crippen molar-refractivity contribution in [2.45, 2.75) is 33.6 Å². The Balaban J connectivity index is 2.53. The predicted octanol–water partition coefficient (Wildman–Crippen LogP) is 2.94. The van der Waals surface area contributed by atoms with Gasteiger partial charge in [-0.1, -0.05) is 32.0 Å². The molecule has 0 aliphatic rings. The second-order valence-electron chi connectivity index (χ2n) is 5.30. The van der Waals surface area contributed by atoms with E-state index in [-0.39, 0.29) is 11.8 Å². The van der Waals surface area contributed by atoms with Crippen LogP contribution < -0.4 is 11.1 Å². The molecule has 0 aliphatic heterocycles. The molecule has 3 N–H and O–H groups in total. The lowest BCUT2D eigenvalue weighted by atomic mass is 9.94. The molecule has 3 nitrogen and oxygen atoms in total. The molecule has 0 bridgehead atoms. The normalized spacial score (nSPS) is 12.5. The Kier molecular flexibility index (Phi) is 5.86. The molecule has 0 saturated carbocycles. The molecule has 18 heavy (non-hydrogen) atoms. The van der Waals surface area contributed by atoms with E-state index < -0.39 is 0 Å². The van der Waals surface area contributed by atoms with Crippen molar-refractivity contribution in [1.82, 2.24) is 0 Å². The summed E-state index contributed by atoms with van der Waals surface area (Å²) in [5.74, 6) is 0.902. The number of hydrogen-bond donors (Lipinski definition) is 2. The molecule has 3 heteroatoms. The van der Waals surface area contributed by atoms with Gasteiger partial charge < -0.3 is 11.1 Å². The number of hydrogen-bond acceptors (Lipinski definition) is 2. The molecule has 100 valence electrons. The summed E-state index contributed by atoms with van der Waals surface area (Å²) in [6, 6.07) is 7.81. The van der Waals surface area contributed by atoms with E-state index in [4.69, 9.17) is 5.73 Å². The first-order valence-corrected chi connectivity index (χ1v) is 6.58. The van der Waals surface area contributed by atoms with Gasteiger partial charge in [-0.3, -0.25) is 4.79 Å². The van der Waals surface area contributed by atoms with Crippen LogP contribution in [0.1, 0.15) is 32.3 Å². The van der Waals surface area contributed by atoms with Gasteiger partial charge >= 0.3 is 0 Å². The minimum atomic E-state index is 0.0559. The maximum absolute atomic E-state index is 11.9. The molecule has 1 atom stereocenters. The Morgan fingerprint density at radius 2 is 2.00 bits per heavy atom. The van der Waals surface area contributed by atoms with E-state index >= 15 is 0 Å². The van der Waals surface area contributed by atoms with E-state index in [1.807, 2.05) is 31.2 Å². The van der Waals surface area contributed by atoms with E-state index in [1.165, 1.54) is 0 Å². The lowest BCUT2D eigenvalue weighted by Gasteiger charge is -2.17. The highest BCUT2D eigenvalue weighted by molar-refractivity contribution is 5.91. The van der Waals surface area contributed by atoms with Crippen LogP contribution in [-0.2, 0) is 4.79 Å². The van der Waals surface area contributed by atoms with E-state index in [9.17, 15) is 4.79 Å². The highest BCUT2D eigenvalue weighted by Crippen LogP contribution is 2.17. The zero-order chi connectivity index (χ0) is 13.5. The Morgan fingerprint density at radius 1 is 1.33 bits per heavy atom. The first-order chi connectivity index (χ1) is 8.52. The van der Waals surface area contributed by atoms with Gasteiger partial charge in [-0.15, -0.1) is 0 Å². The van der Waals surface area contributed by atoms with Gasteiger partial charge in [-0.05, 0) is 43.4 Å². The standard InChI is InChI=1S/C15H24N2O/c1-11(2)8-13(10-16)9-15(18)17-14-7-5-4-6-12(14)3/h4-7,11,13H,8-10,16H2,1-3H3,(H,17,18)/t13-/m0/s1. The first-order valence-electron chi connectivity index (χ1n) is 6.58. The molecule has 0 aliphatic carbocycles. The highest BCUT2D eigenvalue weighted by Gasteiger charge is 2.14. The summed E-state index contributed by atoms with van der Waals surface area (Å²) in [6.07, 6.45) is 1.50. The van der Waals surface area contributed by atoms with Crippen LogP contribution in [-0.4, -0.2) is 12.5 Å². The lowest BCUT2D eigenvalue weighted by molar-refractivity contribution is -0.117. The summed E-state index contributed by atoms with van der Waals surface area (Å²) < 4.78 is 0. The van der Waals surface area contributed by atoms with Crippen LogP contribution in [0, 0.1) is 18.8 Å². The molecule has 1 amide bonds. The number of nitrogens with one attached hydrogen (secondary N) is 1. The van der Waals surface area contributed by atoms with E-state index in [0.29, 0.717) is 18.9 Å². The van der Waals surface area contributed by atoms with Gasteiger partial charge in [0.2, 0.25) is 5.91 Å². The maximum Gasteiger partial charge on any atom is 0.224 e. The molecule has 1 aromatic rings. The minimum Gasteiger partial charge on any atom is -0.330 e. The predicted molar refractivity (Wildman–Crippen MR) is 76.4 cm³/mol. The van der Waals surface area contributed by atoms with Crippen molar-refractivity contribution in [3.63, 3.8) is 0 Å². The van der Waals surface area contributed by atoms with Gasteiger partial charge in [0.25, 0.3) is 0 Å². The fraction of sp³-hybridized carbons (Fsp3) is 0.533. The number of carbonyl (C=O) groups excluding carboxylic acids is 1. The third-order valence-electron chi connectivity index (χ3n) is 3.03. The van der Waals surface area contributed by atoms with Crippen LogP contribution in [0.15, 0.2) is 24.3 Å². The van der Waals surface area contributed by atoms with E-state index in [1.54, 1.807) is 0 Å². The third-order valence-corrected chi connectivity index (χ3v) is 3.03. The summed E-state index contributed by atoms with van der Waals surface area (Å²) in [4.78, 5) is 11.9. The summed E-state index contributed by atoms with van der Waals surface area (Å²) in [7, 11) is 0. The number of benzene rings is 1. The zero-order valence-electron chi connectivity index (χ0n) is 11.6. The smallest absolute Gasteiger partial charge is 0.224 e. The molecule has 0 radical (unpaired) electrons. The zero-order valence-corrected chi connectivity index (χ0v) is 11.6. The average Bonchev–Trinajstić information content (AvgIpc) is 2.30. The second kappa shape index (κ2) is 7.17. The quantitative estimate of drug-likeness (QED) is 0.813. The number of para-hydroxylation sites is 1. The topological polar surface area (TPSA) is 55.1 Å².